The Hall–Kier alpha value is -1.47. The number of carbonyl (C=O) groups excluding carboxylic acids is 1. The molecule has 1 aromatic heterocycles. The number of aromatic nitrogens is 3. The van der Waals surface area contributed by atoms with Gasteiger partial charge in [0.15, 0.2) is 5.69 Å². The highest BCUT2D eigenvalue weighted by Gasteiger charge is 2.17. The standard InChI is InChI=1S/C12H22N4O3/c1-12(2,3)13-11(17)10-9-16(15-14-10)5-6-19-8-7-18-4/h9H,5-8H2,1-4H3,(H,13,17). The lowest BCUT2D eigenvalue weighted by Crippen LogP contribution is -2.40. The number of rotatable bonds is 7. The van der Waals surface area contributed by atoms with Gasteiger partial charge in [0, 0.05) is 12.6 Å². The van der Waals surface area contributed by atoms with Crippen molar-refractivity contribution in [1.82, 2.24) is 20.3 Å². The van der Waals surface area contributed by atoms with Gasteiger partial charge in [0.2, 0.25) is 0 Å². The zero-order chi connectivity index (χ0) is 14.3. The first-order valence-electron chi connectivity index (χ1n) is 6.22. The summed E-state index contributed by atoms with van der Waals surface area (Å²) in [6.45, 7) is 7.92. The zero-order valence-corrected chi connectivity index (χ0v) is 12.0. The van der Waals surface area contributed by atoms with Crippen LogP contribution in [-0.2, 0) is 16.0 Å². The molecule has 0 atom stereocenters. The molecule has 108 valence electrons. The van der Waals surface area contributed by atoms with Gasteiger partial charge < -0.3 is 14.8 Å². The molecule has 0 fully saturated rings. The number of nitrogens with zero attached hydrogens (tertiary/aromatic N) is 3. The summed E-state index contributed by atoms with van der Waals surface area (Å²) in [5, 5.41) is 10.5. The van der Waals surface area contributed by atoms with Gasteiger partial charge >= 0.3 is 0 Å². The van der Waals surface area contributed by atoms with Gasteiger partial charge in [0.25, 0.3) is 5.91 Å². The van der Waals surface area contributed by atoms with Crippen molar-refractivity contribution in [3.8, 4) is 0 Å². The van der Waals surface area contributed by atoms with Crippen LogP contribution < -0.4 is 5.32 Å². The molecule has 0 spiro atoms. The average molecular weight is 270 g/mol. The van der Waals surface area contributed by atoms with Crippen LogP contribution in [0.15, 0.2) is 6.20 Å². The second-order valence-corrected chi connectivity index (χ2v) is 5.18. The summed E-state index contributed by atoms with van der Waals surface area (Å²) in [5.41, 5.74) is 0.0243. The minimum atomic E-state index is -0.288. The Morgan fingerprint density at radius 3 is 2.74 bits per heavy atom. The molecule has 7 heteroatoms. The molecular weight excluding hydrogens is 248 g/mol. The molecular formula is C12H22N4O3. The number of hydrogen-bond acceptors (Lipinski definition) is 5. The maximum Gasteiger partial charge on any atom is 0.273 e. The minimum absolute atomic E-state index is 0.223. The van der Waals surface area contributed by atoms with E-state index in [0.29, 0.717) is 32.1 Å². The van der Waals surface area contributed by atoms with Crippen molar-refractivity contribution in [2.45, 2.75) is 32.9 Å². The molecule has 0 unspecified atom stereocenters. The van der Waals surface area contributed by atoms with Gasteiger partial charge in [-0.05, 0) is 20.8 Å². The van der Waals surface area contributed by atoms with E-state index in [4.69, 9.17) is 9.47 Å². The molecule has 1 rings (SSSR count). The molecule has 0 aromatic carbocycles. The van der Waals surface area contributed by atoms with Crippen LogP contribution in [0, 0.1) is 0 Å². The minimum Gasteiger partial charge on any atom is -0.382 e. The van der Waals surface area contributed by atoms with E-state index in [9.17, 15) is 4.79 Å². The van der Waals surface area contributed by atoms with E-state index in [0.717, 1.165) is 0 Å². The maximum atomic E-state index is 11.8. The zero-order valence-electron chi connectivity index (χ0n) is 12.0. The summed E-state index contributed by atoms with van der Waals surface area (Å²) in [5.74, 6) is -0.223. The Balaban J connectivity index is 2.37. The molecule has 0 bridgehead atoms. The van der Waals surface area contributed by atoms with Gasteiger partial charge in [-0.2, -0.15) is 0 Å². The third-order valence-electron chi connectivity index (χ3n) is 2.16. The van der Waals surface area contributed by atoms with Crippen molar-refractivity contribution in [2.24, 2.45) is 0 Å². The van der Waals surface area contributed by atoms with Gasteiger partial charge in [-0.3, -0.25) is 4.79 Å². The van der Waals surface area contributed by atoms with E-state index in [1.54, 1.807) is 18.0 Å². The number of hydrogen-bond donors (Lipinski definition) is 1. The predicted molar refractivity (Wildman–Crippen MR) is 69.9 cm³/mol. The summed E-state index contributed by atoms with van der Waals surface area (Å²) < 4.78 is 11.8. The van der Waals surface area contributed by atoms with E-state index >= 15 is 0 Å². The van der Waals surface area contributed by atoms with E-state index in [2.05, 4.69) is 15.6 Å². The van der Waals surface area contributed by atoms with Crippen LogP contribution in [0.4, 0.5) is 0 Å². The fraction of sp³-hybridized carbons (Fsp3) is 0.750. The highest BCUT2D eigenvalue weighted by Crippen LogP contribution is 2.02. The van der Waals surface area contributed by atoms with E-state index in [1.165, 1.54) is 0 Å². The average Bonchev–Trinajstić information content (AvgIpc) is 2.75. The summed E-state index contributed by atoms with van der Waals surface area (Å²) >= 11 is 0. The number of methoxy groups -OCH3 is 1. The largest absolute Gasteiger partial charge is 0.382 e. The quantitative estimate of drug-likeness (QED) is 0.729. The lowest BCUT2D eigenvalue weighted by Gasteiger charge is -2.19. The normalized spacial score (nSPS) is 11.6. The Bertz CT molecular complexity index is 398. The van der Waals surface area contributed by atoms with Crippen molar-refractivity contribution in [3.63, 3.8) is 0 Å². The molecule has 0 aliphatic heterocycles. The SMILES string of the molecule is COCCOCCn1cc(C(=O)NC(C)(C)C)nn1. The van der Waals surface area contributed by atoms with Crippen LogP contribution in [0.5, 0.6) is 0 Å². The van der Waals surface area contributed by atoms with Crippen molar-refractivity contribution < 1.29 is 14.3 Å². The summed E-state index contributed by atoms with van der Waals surface area (Å²) in [6, 6.07) is 0. The van der Waals surface area contributed by atoms with Crippen LogP contribution in [0.3, 0.4) is 0 Å². The second-order valence-electron chi connectivity index (χ2n) is 5.18. The molecule has 0 radical (unpaired) electrons. The van der Waals surface area contributed by atoms with E-state index in [1.807, 2.05) is 20.8 Å². The first-order chi connectivity index (χ1) is 8.92. The summed E-state index contributed by atoms with van der Waals surface area (Å²) in [7, 11) is 1.63. The molecule has 1 heterocycles. The third-order valence-corrected chi connectivity index (χ3v) is 2.16. The van der Waals surface area contributed by atoms with E-state index < -0.39 is 0 Å². The predicted octanol–water partition coefficient (Wildman–Crippen LogP) is 0.469. The molecule has 0 aliphatic carbocycles. The van der Waals surface area contributed by atoms with Gasteiger partial charge in [-0.1, -0.05) is 5.21 Å². The Morgan fingerprint density at radius 2 is 2.11 bits per heavy atom. The van der Waals surface area contributed by atoms with Crippen LogP contribution in [0.25, 0.3) is 0 Å². The highest BCUT2D eigenvalue weighted by molar-refractivity contribution is 5.92. The molecule has 1 N–H and O–H groups in total. The van der Waals surface area contributed by atoms with Crippen molar-refractivity contribution in [1.29, 1.82) is 0 Å². The van der Waals surface area contributed by atoms with Crippen molar-refractivity contribution in [3.05, 3.63) is 11.9 Å². The Morgan fingerprint density at radius 1 is 1.37 bits per heavy atom. The Kier molecular flexibility index (Phi) is 5.91. The Labute approximate surface area is 113 Å². The molecule has 1 aromatic rings. The number of nitrogens with one attached hydrogen (secondary N) is 1. The summed E-state index contributed by atoms with van der Waals surface area (Å²) in [4.78, 5) is 11.8. The topological polar surface area (TPSA) is 78.3 Å². The molecule has 1 amide bonds. The first kappa shape index (κ1) is 15.6. The smallest absolute Gasteiger partial charge is 0.273 e. The van der Waals surface area contributed by atoms with Crippen LogP contribution >= 0.6 is 0 Å². The lowest BCUT2D eigenvalue weighted by atomic mass is 10.1. The first-order valence-corrected chi connectivity index (χ1v) is 6.22. The fourth-order valence-corrected chi connectivity index (χ4v) is 1.32. The monoisotopic (exact) mass is 270 g/mol. The molecule has 0 saturated heterocycles. The molecule has 7 nitrogen and oxygen atoms in total. The van der Waals surface area contributed by atoms with Gasteiger partial charge in [-0.25, -0.2) is 4.68 Å². The maximum absolute atomic E-state index is 11.8. The van der Waals surface area contributed by atoms with Gasteiger partial charge in [0.1, 0.15) is 0 Å². The van der Waals surface area contributed by atoms with Crippen LogP contribution in [-0.4, -0.2) is 53.4 Å². The molecule has 0 saturated carbocycles. The second kappa shape index (κ2) is 7.20. The van der Waals surface area contributed by atoms with Crippen LogP contribution in [0.2, 0.25) is 0 Å². The van der Waals surface area contributed by atoms with E-state index in [-0.39, 0.29) is 11.4 Å². The fourth-order valence-electron chi connectivity index (χ4n) is 1.32. The van der Waals surface area contributed by atoms with Crippen molar-refractivity contribution >= 4 is 5.91 Å². The molecule has 0 aliphatic rings. The highest BCUT2D eigenvalue weighted by atomic mass is 16.5. The van der Waals surface area contributed by atoms with Crippen molar-refractivity contribution in [2.75, 3.05) is 26.9 Å². The number of ether oxygens (including phenoxy) is 2. The summed E-state index contributed by atoms with van der Waals surface area (Å²) in [6.07, 6.45) is 1.61. The van der Waals surface area contributed by atoms with Gasteiger partial charge in [-0.15, -0.1) is 5.10 Å². The van der Waals surface area contributed by atoms with Gasteiger partial charge in [0.05, 0.1) is 32.6 Å². The number of carbonyl (C=O) groups is 1. The van der Waals surface area contributed by atoms with Crippen LogP contribution in [0.1, 0.15) is 31.3 Å². The number of amides is 1. The molecule has 19 heavy (non-hydrogen) atoms. The lowest BCUT2D eigenvalue weighted by molar-refractivity contribution is 0.0652. The third kappa shape index (κ3) is 6.30.